The predicted octanol–water partition coefficient (Wildman–Crippen LogP) is 6.39. The van der Waals surface area contributed by atoms with E-state index in [1.807, 2.05) is 0 Å². The van der Waals surface area contributed by atoms with Crippen LogP contribution in [-0.2, 0) is 12.1 Å². The Kier molecular flexibility index (Phi) is 3.40. The van der Waals surface area contributed by atoms with Crippen molar-refractivity contribution in [3.05, 3.63) is 59.7 Å². The van der Waals surface area contributed by atoms with Crippen molar-refractivity contribution < 1.29 is 26.7 Å². The predicted molar refractivity (Wildman–Crippen MR) is 81.6 cm³/mol. The van der Waals surface area contributed by atoms with Crippen molar-refractivity contribution in [1.82, 2.24) is 0 Å². The van der Waals surface area contributed by atoms with Crippen molar-refractivity contribution in [2.24, 2.45) is 11.3 Å². The lowest BCUT2D eigenvalue weighted by Crippen LogP contribution is -2.60. The van der Waals surface area contributed by atoms with Crippen LogP contribution in [0.3, 0.4) is 0 Å². The maximum absolute atomic E-state index is 14.9. The third kappa shape index (κ3) is 2.58. The monoisotopic (exact) mass is 354 g/mol. The summed E-state index contributed by atoms with van der Waals surface area (Å²) in [7, 11) is 0. The highest BCUT2D eigenvalue weighted by Gasteiger charge is 2.70. The normalized spacial score (nSPS) is 25.1. The molecule has 0 heterocycles. The van der Waals surface area contributed by atoms with Crippen LogP contribution in [0, 0.1) is 11.3 Å². The van der Waals surface area contributed by atoms with Gasteiger partial charge in [0, 0.05) is 11.0 Å². The highest BCUT2D eigenvalue weighted by atomic mass is 19.4. The number of hydrogen-bond acceptors (Lipinski definition) is 1. The van der Waals surface area contributed by atoms with Gasteiger partial charge in [-0.3, -0.25) is 0 Å². The van der Waals surface area contributed by atoms with E-state index in [1.54, 1.807) is 30.3 Å². The lowest BCUT2D eigenvalue weighted by molar-refractivity contribution is -0.271. The fourth-order valence-electron chi connectivity index (χ4n) is 3.80. The summed E-state index contributed by atoms with van der Waals surface area (Å²) in [5.74, 6) is -2.93. The molecule has 0 atom stereocenters. The molecule has 0 aromatic heterocycles. The fourth-order valence-corrected chi connectivity index (χ4v) is 3.80. The first kappa shape index (κ1) is 16.4. The SMILES string of the molecule is FC(F)(F)c1cc(Oc2ccccc2)cc(C(F)(F)C23CC(C2)C3)c1. The molecule has 0 spiro atoms. The quantitative estimate of drug-likeness (QED) is 0.578. The largest absolute Gasteiger partial charge is 0.457 e. The van der Waals surface area contributed by atoms with E-state index in [4.69, 9.17) is 4.74 Å². The van der Waals surface area contributed by atoms with Gasteiger partial charge in [0.25, 0.3) is 5.92 Å². The number of hydrogen-bond donors (Lipinski definition) is 0. The van der Waals surface area contributed by atoms with E-state index in [1.165, 1.54) is 0 Å². The minimum atomic E-state index is -4.72. The highest BCUT2D eigenvalue weighted by molar-refractivity contribution is 5.42. The maximum Gasteiger partial charge on any atom is 0.416 e. The molecule has 0 N–H and O–H groups in total. The third-order valence-electron chi connectivity index (χ3n) is 5.28. The van der Waals surface area contributed by atoms with Crippen molar-refractivity contribution >= 4 is 0 Å². The van der Waals surface area contributed by atoms with Gasteiger partial charge in [0.15, 0.2) is 0 Å². The molecule has 1 nitrogen and oxygen atoms in total. The second kappa shape index (κ2) is 5.19. The van der Waals surface area contributed by atoms with Crippen LogP contribution in [0.1, 0.15) is 30.4 Å². The second-order valence-electron chi connectivity index (χ2n) is 6.99. The molecule has 2 aromatic carbocycles. The topological polar surface area (TPSA) is 9.23 Å². The first-order valence-electron chi connectivity index (χ1n) is 8.03. The Morgan fingerprint density at radius 3 is 1.92 bits per heavy atom. The third-order valence-corrected chi connectivity index (χ3v) is 5.28. The molecule has 3 fully saturated rings. The average Bonchev–Trinajstić information content (AvgIpc) is 2.43. The van der Waals surface area contributed by atoms with Gasteiger partial charge in [0.1, 0.15) is 11.5 Å². The van der Waals surface area contributed by atoms with Crippen LogP contribution in [0.15, 0.2) is 48.5 Å². The molecule has 5 rings (SSSR count). The van der Waals surface area contributed by atoms with Crippen molar-refractivity contribution in [3.63, 3.8) is 0 Å². The molecule has 0 saturated heterocycles. The summed E-state index contributed by atoms with van der Waals surface area (Å²) in [6.45, 7) is 0. The molecule has 0 radical (unpaired) electrons. The van der Waals surface area contributed by atoms with Gasteiger partial charge in [-0.2, -0.15) is 13.2 Å². The fraction of sp³-hybridized carbons (Fsp3) is 0.368. The number of para-hydroxylation sites is 1. The molecular formula is C19H15F5O. The zero-order chi connectivity index (χ0) is 17.9. The number of alkyl halides is 5. The number of halogens is 5. The molecular weight excluding hydrogens is 339 g/mol. The van der Waals surface area contributed by atoms with E-state index in [0.717, 1.165) is 12.1 Å². The van der Waals surface area contributed by atoms with Gasteiger partial charge < -0.3 is 4.74 Å². The Balaban J connectivity index is 1.74. The molecule has 2 bridgehead atoms. The maximum atomic E-state index is 14.9. The lowest BCUT2D eigenvalue weighted by atomic mass is 9.41. The summed E-state index contributed by atoms with van der Waals surface area (Å²) >= 11 is 0. The van der Waals surface area contributed by atoms with Crippen molar-refractivity contribution in [1.29, 1.82) is 0 Å². The van der Waals surface area contributed by atoms with E-state index in [0.29, 0.717) is 37.0 Å². The second-order valence-corrected chi connectivity index (χ2v) is 6.99. The van der Waals surface area contributed by atoms with E-state index >= 15 is 0 Å². The number of benzene rings is 2. The van der Waals surface area contributed by atoms with E-state index in [-0.39, 0.29) is 5.75 Å². The van der Waals surface area contributed by atoms with Crippen LogP contribution in [0.2, 0.25) is 0 Å². The average molecular weight is 354 g/mol. The zero-order valence-corrected chi connectivity index (χ0v) is 13.1. The van der Waals surface area contributed by atoms with Gasteiger partial charge in [0.05, 0.1) is 5.56 Å². The van der Waals surface area contributed by atoms with Crippen LogP contribution in [0.25, 0.3) is 0 Å². The van der Waals surface area contributed by atoms with Crippen molar-refractivity contribution in [3.8, 4) is 11.5 Å². The van der Waals surface area contributed by atoms with Gasteiger partial charge >= 0.3 is 6.18 Å². The minimum Gasteiger partial charge on any atom is -0.457 e. The standard InChI is InChI=1S/C19H15F5O/c20-18(21,17-9-12(10-17)11-17)13-6-14(19(22,23)24)8-16(7-13)25-15-4-2-1-3-5-15/h1-8,12H,9-11H2. The molecule has 6 heteroatoms. The van der Waals surface area contributed by atoms with Gasteiger partial charge in [-0.15, -0.1) is 0 Å². The van der Waals surface area contributed by atoms with Gasteiger partial charge in [0.2, 0.25) is 0 Å². The Bertz CT molecular complexity index is 780. The van der Waals surface area contributed by atoms with Crippen LogP contribution in [-0.4, -0.2) is 0 Å². The van der Waals surface area contributed by atoms with E-state index < -0.39 is 28.6 Å². The highest BCUT2D eigenvalue weighted by Crippen LogP contribution is 2.73. The first-order valence-corrected chi connectivity index (χ1v) is 8.03. The van der Waals surface area contributed by atoms with Gasteiger partial charge in [-0.1, -0.05) is 18.2 Å². The van der Waals surface area contributed by atoms with E-state index in [9.17, 15) is 22.0 Å². The molecule has 0 aliphatic heterocycles. The Morgan fingerprint density at radius 1 is 0.800 bits per heavy atom. The van der Waals surface area contributed by atoms with Gasteiger partial charge in [-0.25, -0.2) is 8.78 Å². The van der Waals surface area contributed by atoms with Crippen LogP contribution >= 0.6 is 0 Å². The summed E-state index contributed by atoms with van der Waals surface area (Å²) in [6, 6.07) is 10.5. The molecule has 132 valence electrons. The molecule has 3 aliphatic carbocycles. The lowest BCUT2D eigenvalue weighted by Gasteiger charge is -2.64. The van der Waals surface area contributed by atoms with Crippen molar-refractivity contribution in [2.45, 2.75) is 31.4 Å². The smallest absolute Gasteiger partial charge is 0.416 e. The molecule has 3 aliphatic rings. The molecule has 25 heavy (non-hydrogen) atoms. The summed E-state index contributed by atoms with van der Waals surface area (Å²) in [6.07, 6.45) is -3.58. The summed E-state index contributed by atoms with van der Waals surface area (Å²) < 4.78 is 74.7. The summed E-state index contributed by atoms with van der Waals surface area (Å²) in [5.41, 5.74) is -2.92. The van der Waals surface area contributed by atoms with E-state index in [2.05, 4.69) is 0 Å². The molecule has 0 unspecified atom stereocenters. The number of rotatable bonds is 4. The molecule has 3 saturated carbocycles. The Hall–Kier alpha value is -2.11. The van der Waals surface area contributed by atoms with Crippen LogP contribution in [0.4, 0.5) is 22.0 Å². The zero-order valence-electron chi connectivity index (χ0n) is 13.1. The van der Waals surface area contributed by atoms with Crippen molar-refractivity contribution in [2.75, 3.05) is 0 Å². The molecule has 2 aromatic rings. The van der Waals surface area contributed by atoms with Crippen LogP contribution < -0.4 is 4.74 Å². The Morgan fingerprint density at radius 2 is 1.40 bits per heavy atom. The first-order chi connectivity index (χ1) is 11.7. The van der Waals surface area contributed by atoms with Gasteiger partial charge in [-0.05, 0) is 55.5 Å². The summed E-state index contributed by atoms with van der Waals surface area (Å²) in [4.78, 5) is 0. The number of ether oxygens (including phenoxy) is 1. The Labute approximate surface area is 141 Å². The van der Waals surface area contributed by atoms with Crippen LogP contribution in [0.5, 0.6) is 11.5 Å². The minimum absolute atomic E-state index is 0.234. The molecule has 0 amide bonds. The summed E-state index contributed by atoms with van der Waals surface area (Å²) in [5, 5.41) is 0.